The highest BCUT2D eigenvalue weighted by Crippen LogP contribution is 2.26. The maximum atomic E-state index is 10.9. The molecule has 0 unspecified atom stereocenters. The monoisotopic (exact) mass is 293 g/mol. The highest BCUT2D eigenvalue weighted by molar-refractivity contribution is 8.00. The molecule has 0 radical (unpaired) electrons. The summed E-state index contributed by atoms with van der Waals surface area (Å²) in [6.07, 6.45) is 0. The average Bonchev–Trinajstić information content (AvgIpc) is 2.80. The van der Waals surface area contributed by atoms with Crippen LogP contribution in [0.4, 0.5) is 0 Å². The number of aliphatic carboxylic acids is 1. The summed E-state index contributed by atoms with van der Waals surface area (Å²) in [6, 6.07) is 7.46. The van der Waals surface area contributed by atoms with Crippen LogP contribution in [0.15, 0.2) is 29.4 Å². The van der Waals surface area contributed by atoms with Crippen LogP contribution in [0.1, 0.15) is 6.92 Å². The quantitative estimate of drug-likeness (QED) is 0.850. The molecular formula is C13H15N3O3S. The molecule has 0 spiro atoms. The number of thioether (sulfide) groups is 1. The predicted octanol–water partition coefficient (Wildman–Crippen LogP) is 2.06. The van der Waals surface area contributed by atoms with Crippen molar-refractivity contribution in [2.45, 2.75) is 17.3 Å². The van der Waals surface area contributed by atoms with Gasteiger partial charge in [0.25, 0.3) is 0 Å². The molecule has 106 valence electrons. The standard InChI is InChI=1S/C13H15N3O3S/c1-8(12(17)18)20-13-15-14-11(16(13)2)9-4-6-10(19-3)7-5-9/h4-8H,1-3H3,(H,17,18)/t8-/m1/s1. The van der Waals surface area contributed by atoms with Crippen molar-refractivity contribution in [2.75, 3.05) is 7.11 Å². The lowest BCUT2D eigenvalue weighted by Crippen LogP contribution is -2.12. The minimum Gasteiger partial charge on any atom is -0.497 e. The number of carboxylic acids is 1. The number of aromatic nitrogens is 3. The van der Waals surface area contributed by atoms with Crippen molar-refractivity contribution in [2.24, 2.45) is 7.05 Å². The van der Waals surface area contributed by atoms with E-state index in [-0.39, 0.29) is 0 Å². The molecule has 2 aromatic rings. The highest BCUT2D eigenvalue weighted by Gasteiger charge is 2.18. The van der Waals surface area contributed by atoms with Gasteiger partial charge in [-0.2, -0.15) is 0 Å². The fraction of sp³-hybridized carbons (Fsp3) is 0.308. The van der Waals surface area contributed by atoms with Gasteiger partial charge in [-0.05, 0) is 31.2 Å². The van der Waals surface area contributed by atoms with E-state index in [2.05, 4.69) is 10.2 Å². The molecule has 0 aliphatic carbocycles. The van der Waals surface area contributed by atoms with Gasteiger partial charge in [-0.25, -0.2) is 0 Å². The SMILES string of the molecule is COc1ccc(-c2nnc(S[C@H](C)C(=O)O)n2C)cc1. The minimum absolute atomic E-state index is 0.568. The fourth-order valence-electron chi connectivity index (χ4n) is 1.62. The highest BCUT2D eigenvalue weighted by atomic mass is 32.2. The van der Waals surface area contributed by atoms with Gasteiger partial charge in [-0.1, -0.05) is 11.8 Å². The molecule has 0 aliphatic heterocycles. The van der Waals surface area contributed by atoms with Gasteiger partial charge in [0.1, 0.15) is 11.0 Å². The number of hydrogen-bond acceptors (Lipinski definition) is 5. The van der Waals surface area contributed by atoms with Crippen LogP contribution in [0.5, 0.6) is 5.75 Å². The van der Waals surface area contributed by atoms with Crippen molar-refractivity contribution in [3.8, 4) is 17.1 Å². The van der Waals surface area contributed by atoms with Crippen LogP contribution in [0, 0.1) is 0 Å². The molecule has 7 heteroatoms. The molecule has 6 nitrogen and oxygen atoms in total. The Kier molecular flexibility index (Phi) is 4.29. The largest absolute Gasteiger partial charge is 0.497 e. The number of benzene rings is 1. The first kappa shape index (κ1) is 14.4. The summed E-state index contributed by atoms with van der Waals surface area (Å²) in [4.78, 5) is 10.9. The summed E-state index contributed by atoms with van der Waals surface area (Å²) in [5.41, 5.74) is 0.899. The van der Waals surface area contributed by atoms with Crippen LogP contribution >= 0.6 is 11.8 Å². The van der Waals surface area contributed by atoms with Gasteiger partial charge < -0.3 is 14.4 Å². The zero-order valence-electron chi connectivity index (χ0n) is 11.4. The van der Waals surface area contributed by atoms with Gasteiger partial charge >= 0.3 is 5.97 Å². The van der Waals surface area contributed by atoms with Crippen LogP contribution < -0.4 is 4.74 Å². The van der Waals surface area contributed by atoms with E-state index < -0.39 is 11.2 Å². The Balaban J connectivity index is 2.25. The van der Waals surface area contributed by atoms with Crippen LogP contribution in [0.3, 0.4) is 0 Å². The van der Waals surface area contributed by atoms with E-state index in [1.165, 1.54) is 11.8 Å². The molecule has 0 aliphatic rings. The lowest BCUT2D eigenvalue weighted by molar-refractivity contribution is -0.136. The summed E-state index contributed by atoms with van der Waals surface area (Å²) in [7, 11) is 3.43. The van der Waals surface area contributed by atoms with E-state index >= 15 is 0 Å². The number of nitrogens with zero attached hydrogens (tertiary/aromatic N) is 3. The molecule has 20 heavy (non-hydrogen) atoms. The number of rotatable bonds is 5. The molecule has 1 heterocycles. The fourth-order valence-corrected chi connectivity index (χ4v) is 2.37. The molecule has 0 bridgehead atoms. The molecule has 0 saturated carbocycles. The summed E-state index contributed by atoms with van der Waals surface area (Å²) < 4.78 is 6.89. The minimum atomic E-state index is -0.871. The van der Waals surface area contributed by atoms with E-state index in [9.17, 15) is 4.79 Å². The Bertz CT molecular complexity index is 610. The maximum absolute atomic E-state index is 10.9. The van der Waals surface area contributed by atoms with Crippen molar-refractivity contribution >= 4 is 17.7 Å². The number of ether oxygens (including phenoxy) is 1. The van der Waals surface area contributed by atoms with Crippen molar-refractivity contribution in [1.82, 2.24) is 14.8 Å². The summed E-state index contributed by atoms with van der Waals surface area (Å²) >= 11 is 1.17. The molecule has 1 N–H and O–H groups in total. The summed E-state index contributed by atoms with van der Waals surface area (Å²) in [5, 5.41) is 17.1. The van der Waals surface area contributed by atoms with Gasteiger partial charge in [0.05, 0.1) is 7.11 Å². The van der Waals surface area contributed by atoms with Crippen LogP contribution in [0.2, 0.25) is 0 Å². The predicted molar refractivity (Wildman–Crippen MR) is 75.9 cm³/mol. The third-order valence-corrected chi connectivity index (χ3v) is 3.93. The van der Waals surface area contributed by atoms with Gasteiger partial charge in [0, 0.05) is 12.6 Å². The average molecular weight is 293 g/mol. The van der Waals surface area contributed by atoms with Gasteiger partial charge in [-0.3, -0.25) is 4.79 Å². The lowest BCUT2D eigenvalue weighted by atomic mass is 10.2. The molecule has 0 fully saturated rings. The van der Waals surface area contributed by atoms with Crippen LogP contribution in [-0.4, -0.2) is 38.2 Å². The zero-order chi connectivity index (χ0) is 14.7. The van der Waals surface area contributed by atoms with E-state index in [1.54, 1.807) is 18.6 Å². The number of methoxy groups -OCH3 is 1. The number of carboxylic acid groups (broad SMARTS) is 1. The summed E-state index contributed by atoms with van der Waals surface area (Å²) in [6.45, 7) is 1.62. The second-order valence-electron chi connectivity index (χ2n) is 4.19. The molecule has 1 aromatic carbocycles. The first-order valence-corrected chi connectivity index (χ1v) is 6.84. The Morgan fingerprint density at radius 1 is 1.35 bits per heavy atom. The van der Waals surface area contributed by atoms with E-state index in [1.807, 2.05) is 31.3 Å². The van der Waals surface area contributed by atoms with Gasteiger partial charge in [0.15, 0.2) is 11.0 Å². The maximum Gasteiger partial charge on any atom is 0.316 e. The normalized spacial score (nSPS) is 12.2. The molecule has 2 rings (SSSR count). The van der Waals surface area contributed by atoms with E-state index in [4.69, 9.17) is 9.84 Å². The molecule has 1 atom stereocenters. The third kappa shape index (κ3) is 2.93. The van der Waals surface area contributed by atoms with Gasteiger partial charge in [0.2, 0.25) is 0 Å². The molecule has 1 aromatic heterocycles. The lowest BCUT2D eigenvalue weighted by Gasteiger charge is -2.06. The Labute approximate surface area is 120 Å². The second-order valence-corrected chi connectivity index (χ2v) is 5.50. The smallest absolute Gasteiger partial charge is 0.316 e. The Morgan fingerprint density at radius 3 is 2.55 bits per heavy atom. The van der Waals surface area contributed by atoms with E-state index in [0.29, 0.717) is 11.0 Å². The van der Waals surface area contributed by atoms with Crippen molar-refractivity contribution in [3.05, 3.63) is 24.3 Å². The van der Waals surface area contributed by atoms with Crippen LogP contribution in [-0.2, 0) is 11.8 Å². The molecular weight excluding hydrogens is 278 g/mol. The summed E-state index contributed by atoms with van der Waals surface area (Å²) in [5.74, 6) is 0.585. The van der Waals surface area contributed by atoms with Gasteiger partial charge in [-0.15, -0.1) is 10.2 Å². The zero-order valence-corrected chi connectivity index (χ0v) is 12.2. The third-order valence-electron chi connectivity index (χ3n) is 2.81. The molecule has 0 saturated heterocycles. The Hall–Kier alpha value is -2.02. The topological polar surface area (TPSA) is 77.2 Å². The van der Waals surface area contributed by atoms with Crippen molar-refractivity contribution in [1.29, 1.82) is 0 Å². The Morgan fingerprint density at radius 2 is 2.00 bits per heavy atom. The van der Waals surface area contributed by atoms with E-state index in [0.717, 1.165) is 11.3 Å². The first-order chi connectivity index (χ1) is 9.52. The number of hydrogen-bond donors (Lipinski definition) is 1. The molecule has 0 amide bonds. The van der Waals surface area contributed by atoms with Crippen LogP contribution in [0.25, 0.3) is 11.4 Å². The number of carbonyl (C=O) groups is 1. The first-order valence-electron chi connectivity index (χ1n) is 5.96. The van der Waals surface area contributed by atoms with Crippen molar-refractivity contribution in [3.63, 3.8) is 0 Å². The van der Waals surface area contributed by atoms with Crippen molar-refractivity contribution < 1.29 is 14.6 Å². The second kappa shape index (κ2) is 5.96.